The Morgan fingerprint density at radius 1 is 1.44 bits per heavy atom. The summed E-state index contributed by atoms with van der Waals surface area (Å²) in [6.45, 7) is 1.90. The molecule has 1 saturated heterocycles. The Balaban J connectivity index is 1.90. The Hall–Kier alpha value is -0.580. The fraction of sp³-hybridized carbons (Fsp3) is 0.600. The highest BCUT2D eigenvalue weighted by Crippen LogP contribution is 2.19. The minimum Gasteiger partial charge on any atom is -0.367 e. The third kappa shape index (κ3) is 3.20. The summed E-state index contributed by atoms with van der Waals surface area (Å²) in [5.74, 6) is 0.606. The van der Waals surface area contributed by atoms with Gasteiger partial charge < -0.3 is 10.6 Å². The lowest BCUT2D eigenvalue weighted by Crippen LogP contribution is -2.39. The summed E-state index contributed by atoms with van der Waals surface area (Å²) in [7, 11) is 0. The van der Waals surface area contributed by atoms with E-state index in [0.29, 0.717) is 16.9 Å². The van der Waals surface area contributed by atoms with E-state index in [-0.39, 0.29) is 5.28 Å². The second kappa shape index (κ2) is 5.66. The molecule has 0 radical (unpaired) electrons. The predicted molar refractivity (Wildman–Crippen MR) is 66.2 cm³/mol. The average Bonchev–Trinajstić information content (AvgIpc) is 2.32. The van der Waals surface area contributed by atoms with Gasteiger partial charge in [0, 0.05) is 12.6 Å². The highest BCUT2D eigenvalue weighted by Gasteiger charge is 2.13. The third-order valence-corrected chi connectivity index (χ3v) is 3.10. The van der Waals surface area contributed by atoms with Crippen LogP contribution in [0.4, 0.5) is 5.82 Å². The number of hydrogen-bond donors (Lipinski definition) is 2. The molecule has 1 aromatic heterocycles. The molecular weight excluding hydrogens is 247 g/mol. The highest BCUT2D eigenvalue weighted by molar-refractivity contribution is 6.33. The molecular formula is C10H14Cl2N4. The molecule has 16 heavy (non-hydrogen) atoms. The van der Waals surface area contributed by atoms with Crippen molar-refractivity contribution in [3.63, 3.8) is 0 Å². The van der Waals surface area contributed by atoms with Crippen LogP contribution in [0.15, 0.2) is 6.20 Å². The van der Waals surface area contributed by atoms with Crippen LogP contribution in [-0.2, 0) is 0 Å². The second-order valence-electron chi connectivity index (χ2n) is 3.86. The summed E-state index contributed by atoms with van der Waals surface area (Å²) in [5.41, 5.74) is 0. The number of anilines is 1. The van der Waals surface area contributed by atoms with E-state index in [0.717, 1.165) is 13.1 Å². The van der Waals surface area contributed by atoms with Crippen molar-refractivity contribution in [1.29, 1.82) is 0 Å². The van der Waals surface area contributed by atoms with Crippen molar-refractivity contribution in [2.24, 2.45) is 0 Å². The van der Waals surface area contributed by atoms with Gasteiger partial charge in [0.2, 0.25) is 5.28 Å². The van der Waals surface area contributed by atoms with Gasteiger partial charge in [0.25, 0.3) is 0 Å². The van der Waals surface area contributed by atoms with Crippen molar-refractivity contribution in [1.82, 2.24) is 15.3 Å². The minimum atomic E-state index is 0.212. The van der Waals surface area contributed by atoms with Crippen molar-refractivity contribution in [2.45, 2.75) is 25.3 Å². The molecule has 0 bridgehead atoms. The van der Waals surface area contributed by atoms with E-state index in [2.05, 4.69) is 20.6 Å². The van der Waals surface area contributed by atoms with Crippen LogP contribution in [0.2, 0.25) is 10.3 Å². The molecule has 6 heteroatoms. The standard InChI is InChI=1S/C10H14Cl2N4/c11-8-6-15-10(12)16-9(8)14-5-7-3-1-2-4-13-7/h6-7,13H,1-5H2,(H,14,15,16)/t7-/m0/s1. The molecule has 1 aromatic rings. The first kappa shape index (κ1) is 11.9. The van der Waals surface area contributed by atoms with Crippen molar-refractivity contribution >= 4 is 29.0 Å². The van der Waals surface area contributed by atoms with Gasteiger partial charge >= 0.3 is 0 Å². The molecule has 0 aromatic carbocycles. The zero-order valence-electron chi connectivity index (χ0n) is 8.84. The number of aromatic nitrogens is 2. The van der Waals surface area contributed by atoms with Gasteiger partial charge in [0.05, 0.1) is 6.20 Å². The number of rotatable bonds is 3. The van der Waals surface area contributed by atoms with Crippen LogP contribution in [0.5, 0.6) is 0 Å². The summed E-state index contributed by atoms with van der Waals surface area (Å²) < 4.78 is 0. The lowest BCUT2D eigenvalue weighted by molar-refractivity contribution is 0.414. The molecule has 1 fully saturated rings. The quantitative estimate of drug-likeness (QED) is 0.820. The molecule has 2 N–H and O–H groups in total. The van der Waals surface area contributed by atoms with Crippen molar-refractivity contribution < 1.29 is 0 Å². The number of nitrogens with zero attached hydrogens (tertiary/aromatic N) is 2. The van der Waals surface area contributed by atoms with Crippen molar-refractivity contribution in [2.75, 3.05) is 18.4 Å². The van der Waals surface area contributed by atoms with Gasteiger partial charge in [0.15, 0.2) is 0 Å². The molecule has 0 saturated carbocycles. The van der Waals surface area contributed by atoms with Crippen LogP contribution in [-0.4, -0.2) is 29.1 Å². The molecule has 0 aliphatic carbocycles. The molecule has 2 heterocycles. The molecule has 1 aliphatic rings. The van der Waals surface area contributed by atoms with E-state index in [4.69, 9.17) is 23.2 Å². The molecule has 88 valence electrons. The summed E-state index contributed by atoms with van der Waals surface area (Å²) >= 11 is 11.6. The van der Waals surface area contributed by atoms with E-state index in [1.165, 1.54) is 25.5 Å². The Morgan fingerprint density at radius 3 is 3.06 bits per heavy atom. The normalized spacial score (nSPS) is 20.8. The maximum Gasteiger partial charge on any atom is 0.224 e. The fourth-order valence-electron chi connectivity index (χ4n) is 1.79. The number of nitrogens with one attached hydrogen (secondary N) is 2. The summed E-state index contributed by atoms with van der Waals surface area (Å²) in [6.07, 6.45) is 5.23. The Kier molecular flexibility index (Phi) is 4.21. The fourth-order valence-corrected chi connectivity index (χ4v) is 2.08. The first-order valence-corrected chi connectivity index (χ1v) is 6.16. The van der Waals surface area contributed by atoms with Gasteiger partial charge in [-0.3, -0.25) is 0 Å². The van der Waals surface area contributed by atoms with E-state index in [9.17, 15) is 0 Å². The first-order valence-electron chi connectivity index (χ1n) is 5.41. The second-order valence-corrected chi connectivity index (χ2v) is 4.61. The smallest absolute Gasteiger partial charge is 0.224 e. The van der Waals surface area contributed by atoms with Crippen LogP contribution in [0, 0.1) is 0 Å². The van der Waals surface area contributed by atoms with Gasteiger partial charge in [-0.05, 0) is 31.0 Å². The first-order chi connectivity index (χ1) is 7.75. The maximum atomic E-state index is 5.95. The summed E-state index contributed by atoms with van der Waals surface area (Å²) in [6, 6.07) is 0.485. The lowest BCUT2D eigenvalue weighted by atomic mass is 10.1. The Labute approximate surface area is 105 Å². The molecule has 0 spiro atoms. The van der Waals surface area contributed by atoms with Crippen molar-refractivity contribution in [3.05, 3.63) is 16.5 Å². The Morgan fingerprint density at radius 2 is 2.31 bits per heavy atom. The monoisotopic (exact) mass is 260 g/mol. The zero-order valence-corrected chi connectivity index (χ0v) is 10.4. The zero-order chi connectivity index (χ0) is 11.4. The van der Waals surface area contributed by atoms with Crippen LogP contribution >= 0.6 is 23.2 Å². The number of halogens is 2. The van der Waals surface area contributed by atoms with Gasteiger partial charge in [-0.25, -0.2) is 4.98 Å². The van der Waals surface area contributed by atoms with E-state index >= 15 is 0 Å². The minimum absolute atomic E-state index is 0.212. The summed E-state index contributed by atoms with van der Waals surface area (Å²) in [5, 5.41) is 7.35. The summed E-state index contributed by atoms with van der Waals surface area (Å²) in [4.78, 5) is 7.84. The lowest BCUT2D eigenvalue weighted by Gasteiger charge is -2.23. The largest absolute Gasteiger partial charge is 0.367 e. The van der Waals surface area contributed by atoms with Gasteiger partial charge in [0.1, 0.15) is 10.8 Å². The SMILES string of the molecule is Clc1ncc(Cl)c(NC[C@@H]2CCCCN2)n1. The van der Waals surface area contributed by atoms with Crippen LogP contribution in [0.25, 0.3) is 0 Å². The molecule has 4 nitrogen and oxygen atoms in total. The molecule has 0 unspecified atom stereocenters. The maximum absolute atomic E-state index is 5.95. The van der Waals surface area contributed by atoms with Crippen LogP contribution in [0.1, 0.15) is 19.3 Å². The predicted octanol–water partition coefficient (Wildman–Crippen LogP) is 2.34. The Bertz CT molecular complexity index is 353. The number of hydrogen-bond acceptors (Lipinski definition) is 4. The van der Waals surface area contributed by atoms with E-state index in [1.54, 1.807) is 0 Å². The molecule has 1 aliphatic heterocycles. The van der Waals surface area contributed by atoms with Gasteiger partial charge in [-0.2, -0.15) is 4.98 Å². The molecule has 0 amide bonds. The van der Waals surface area contributed by atoms with Crippen LogP contribution in [0.3, 0.4) is 0 Å². The van der Waals surface area contributed by atoms with Gasteiger partial charge in [-0.15, -0.1) is 0 Å². The van der Waals surface area contributed by atoms with E-state index in [1.807, 2.05) is 0 Å². The highest BCUT2D eigenvalue weighted by atomic mass is 35.5. The van der Waals surface area contributed by atoms with Gasteiger partial charge in [-0.1, -0.05) is 18.0 Å². The van der Waals surface area contributed by atoms with Crippen molar-refractivity contribution in [3.8, 4) is 0 Å². The average molecular weight is 261 g/mol. The van der Waals surface area contributed by atoms with E-state index < -0.39 is 0 Å². The molecule has 1 atom stereocenters. The topological polar surface area (TPSA) is 49.8 Å². The third-order valence-electron chi connectivity index (χ3n) is 2.64. The number of piperidine rings is 1. The van der Waals surface area contributed by atoms with Crippen LogP contribution < -0.4 is 10.6 Å². The molecule has 2 rings (SSSR count).